The Bertz CT molecular complexity index is 210. The number of thioether (sulfide) groups is 1. The van der Waals surface area contributed by atoms with Gasteiger partial charge < -0.3 is 5.11 Å². The van der Waals surface area contributed by atoms with Crippen molar-refractivity contribution in [3.63, 3.8) is 0 Å². The van der Waals surface area contributed by atoms with E-state index in [4.69, 9.17) is 5.11 Å². The number of hydrogen-bond acceptors (Lipinski definition) is 2. The fourth-order valence-electron chi connectivity index (χ4n) is 1.57. The van der Waals surface area contributed by atoms with Gasteiger partial charge in [0.05, 0.1) is 6.17 Å². The van der Waals surface area contributed by atoms with Crippen molar-refractivity contribution in [3.8, 4) is 0 Å². The standard InChI is InChI=1S/C13H25FO2S/c1-4-11(14)7-5-6-8-17-12(13(15)16)9-10(2)3/h10-12H,4-9H2,1-3H3,(H,15,16). The third kappa shape index (κ3) is 9.45. The molecule has 2 atom stereocenters. The van der Waals surface area contributed by atoms with E-state index in [1.807, 2.05) is 20.8 Å². The lowest BCUT2D eigenvalue weighted by atomic mass is 10.1. The Morgan fingerprint density at radius 3 is 2.47 bits per heavy atom. The molecule has 2 nitrogen and oxygen atoms in total. The number of carbonyl (C=O) groups is 1. The van der Waals surface area contributed by atoms with Crippen LogP contribution in [0.25, 0.3) is 0 Å². The summed E-state index contributed by atoms with van der Waals surface area (Å²) in [4.78, 5) is 11.0. The average Bonchev–Trinajstić information content (AvgIpc) is 2.25. The maximum atomic E-state index is 12.9. The second-order valence-corrected chi connectivity index (χ2v) is 6.14. The molecule has 0 rings (SSSR count). The highest BCUT2D eigenvalue weighted by molar-refractivity contribution is 8.00. The summed E-state index contributed by atoms with van der Waals surface area (Å²) in [6.45, 7) is 5.92. The minimum Gasteiger partial charge on any atom is -0.480 e. The molecule has 2 unspecified atom stereocenters. The van der Waals surface area contributed by atoms with E-state index in [1.54, 1.807) is 0 Å². The van der Waals surface area contributed by atoms with E-state index in [0.29, 0.717) is 25.2 Å². The van der Waals surface area contributed by atoms with Gasteiger partial charge in [-0.2, -0.15) is 0 Å². The van der Waals surface area contributed by atoms with E-state index < -0.39 is 12.1 Å². The first kappa shape index (κ1) is 16.8. The van der Waals surface area contributed by atoms with Gasteiger partial charge in [0.15, 0.2) is 0 Å². The van der Waals surface area contributed by atoms with Crippen LogP contribution in [0.4, 0.5) is 4.39 Å². The normalized spacial score (nSPS) is 14.9. The first-order valence-corrected chi connectivity index (χ1v) is 7.50. The predicted molar refractivity (Wildman–Crippen MR) is 72.4 cm³/mol. The van der Waals surface area contributed by atoms with Crippen molar-refractivity contribution in [3.05, 3.63) is 0 Å². The molecule has 0 aromatic rings. The minimum absolute atomic E-state index is 0.303. The fraction of sp³-hybridized carbons (Fsp3) is 0.923. The second kappa shape index (κ2) is 9.75. The summed E-state index contributed by atoms with van der Waals surface area (Å²) in [5.41, 5.74) is 0. The van der Waals surface area contributed by atoms with Crippen LogP contribution in [0.2, 0.25) is 0 Å². The van der Waals surface area contributed by atoms with Gasteiger partial charge in [0.1, 0.15) is 5.25 Å². The molecule has 0 amide bonds. The summed E-state index contributed by atoms with van der Waals surface area (Å²) >= 11 is 1.50. The van der Waals surface area contributed by atoms with Crippen LogP contribution in [0, 0.1) is 5.92 Å². The molecule has 0 spiro atoms. The number of alkyl halides is 1. The van der Waals surface area contributed by atoms with Crippen molar-refractivity contribution in [2.75, 3.05) is 5.75 Å². The van der Waals surface area contributed by atoms with E-state index in [2.05, 4.69) is 0 Å². The van der Waals surface area contributed by atoms with Gasteiger partial charge in [-0.05, 0) is 43.8 Å². The Kier molecular flexibility index (Phi) is 9.60. The first-order chi connectivity index (χ1) is 7.97. The highest BCUT2D eigenvalue weighted by Crippen LogP contribution is 2.21. The summed E-state index contributed by atoms with van der Waals surface area (Å²) < 4.78 is 12.9. The van der Waals surface area contributed by atoms with Crippen LogP contribution in [0.3, 0.4) is 0 Å². The Labute approximate surface area is 108 Å². The van der Waals surface area contributed by atoms with Crippen molar-refractivity contribution >= 4 is 17.7 Å². The van der Waals surface area contributed by atoms with Gasteiger partial charge in [-0.1, -0.05) is 20.8 Å². The van der Waals surface area contributed by atoms with Gasteiger partial charge in [0, 0.05) is 0 Å². The number of hydrogen-bond donors (Lipinski definition) is 1. The van der Waals surface area contributed by atoms with Crippen molar-refractivity contribution in [2.24, 2.45) is 5.92 Å². The Morgan fingerprint density at radius 2 is 2.00 bits per heavy atom. The van der Waals surface area contributed by atoms with E-state index in [9.17, 15) is 9.18 Å². The minimum atomic E-state index is -0.722. The van der Waals surface area contributed by atoms with Gasteiger partial charge in [-0.25, -0.2) is 4.39 Å². The van der Waals surface area contributed by atoms with Crippen molar-refractivity contribution in [1.29, 1.82) is 0 Å². The molecule has 0 aromatic carbocycles. The van der Waals surface area contributed by atoms with Crippen LogP contribution in [0.15, 0.2) is 0 Å². The van der Waals surface area contributed by atoms with Crippen LogP contribution in [0.1, 0.15) is 52.9 Å². The zero-order valence-electron chi connectivity index (χ0n) is 11.1. The lowest BCUT2D eigenvalue weighted by Crippen LogP contribution is -2.19. The van der Waals surface area contributed by atoms with E-state index in [0.717, 1.165) is 18.6 Å². The average molecular weight is 264 g/mol. The van der Waals surface area contributed by atoms with Crippen LogP contribution in [-0.4, -0.2) is 28.3 Å². The zero-order chi connectivity index (χ0) is 13.3. The van der Waals surface area contributed by atoms with Crippen LogP contribution in [0.5, 0.6) is 0 Å². The quantitative estimate of drug-likeness (QED) is 0.603. The molecule has 0 aliphatic carbocycles. The van der Waals surface area contributed by atoms with Gasteiger partial charge >= 0.3 is 5.97 Å². The molecule has 0 aliphatic rings. The van der Waals surface area contributed by atoms with E-state index >= 15 is 0 Å². The van der Waals surface area contributed by atoms with E-state index in [1.165, 1.54) is 11.8 Å². The molecule has 4 heteroatoms. The molecular formula is C13H25FO2S. The zero-order valence-corrected chi connectivity index (χ0v) is 11.9. The topological polar surface area (TPSA) is 37.3 Å². The molecule has 1 N–H and O–H groups in total. The smallest absolute Gasteiger partial charge is 0.316 e. The Morgan fingerprint density at radius 1 is 1.35 bits per heavy atom. The van der Waals surface area contributed by atoms with Gasteiger partial charge in [0.25, 0.3) is 0 Å². The molecule has 0 bridgehead atoms. The SMILES string of the molecule is CCC(F)CCCCSC(CC(C)C)C(=O)O. The highest BCUT2D eigenvalue weighted by atomic mass is 32.2. The molecule has 0 heterocycles. The molecule has 0 aliphatic heterocycles. The number of aliphatic carboxylic acids is 1. The maximum absolute atomic E-state index is 12.9. The number of carboxylic acid groups (broad SMARTS) is 1. The predicted octanol–water partition coefficient (Wildman–Crippen LogP) is 4.14. The van der Waals surface area contributed by atoms with Gasteiger partial charge in [-0.3, -0.25) is 4.79 Å². The van der Waals surface area contributed by atoms with Gasteiger partial charge in [-0.15, -0.1) is 11.8 Å². The molecule has 0 saturated heterocycles. The molecule has 0 aromatic heterocycles. The monoisotopic (exact) mass is 264 g/mol. The maximum Gasteiger partial charge on any atom is 0.316 e. The Balaban J connectivity index is 3.65. The molecule has 0 radical (unpaired) electrons. The largest absolute Gasteiger partial charge is 0.480 e. The van der Waals surface area contributed by atoms with Gasteiger partial charge in [0.2, 0.25) is 0 Å². The summed E-state index contributed by atoms with van der Waals surface area (Å²) in [6, 6.07) is 0. The summed E-state index contributed by atoms with van der Waals surface area (Å²) in [6.07, 6.45) is 2.98. The number of halogens is 1. The third-order valence-electron chi connectivity index (χ3n) is 2.63. The second-order valence-electron chi connectivity index (χ2n) is 4.83. The summed E-state index contributed by atoms with van der Waals surface area (Å²) in [5, 5.41) is 8.72. The van der Waals surface area contributed by atoms with Crippen LogP contribution in [-0.2, 0) is 4.79 Å². The summed E-state index contributed by atoms with van der Waals surface area (Å²) in [5.74, 6) is 0.500. The number of carboxylic acids is 1. The third-order valence-corrected chi connectivity index (χ3v) is 3.96. The Hall–Kier alpha value is -0.250. The van der Waals surface area contributed by atoms with Crippen LogP contribution < -0.4 is 0 Å². The number of unbranched alkanes of at least 4 members (excludes halogenated alkanes) is 1. The van der Waals surface area contributed by atoms with Crippen LogP contribution >= 0.6 is 11.8 Å². The van der Waals surface area contributed by atoms with Crippen molar-refractivity contribution < 1.29 is 14.3 Å². The molecular weight excluding hydrogens is 239 g/mol. The molecule has 0 fully saturated rings. The van der Waals surface area contributed by atoms with E-state index in [-0.39, 0.29) is 5.25 Å². The lowest BCUT2D eigenvalue weighted by molar-refractivity contribution is -0.136. The molecule has 17 heavy (non-hydrogen) atoms. The summed E-state index contributed by atoms with van der Waals surface area (Å²) in [7, 11) is 0. The lowest BCUT2D eigenvalue weighted by Gasteiger charge is -2.14. The van der Waals surface area contributed by atoms with Crippen molar-refractivity contribution in [2.45, 2.75) is 64.3 Å². The first-order valence-electron chi connectivity index (χ1n) is 6.45. The number of rotatable bonds is 10. The fourth-order valence-corrected chi connectivity index (χ4v) is 2.88. The molecule has 0 saturated carbocycles. The molecule has 102 valence electrons. The van der Waals surface area contributed by atoms with Crippen molar-refractivity contribution in [1.82, 2.24) is 0 Å². The highest BCUT2D eigenvalue weighted by Gasteiger charge is 2.18.